The molecular formula is C28H23N3O4. The van der Waals surface area contributed by atoms with Gasteiger partial charge in [0.25, 0.3) is 0 Å². The Morgan fingerprint density at radius 2 is 1.23 bits per heavy atom. The molecule has 0 aliphatic carbocycles. The van der Waals surface area contributed by atoms with Gasteiger partial charge in [-0.15, -0.1) is 0 Å². The van der Waals surface area contributed by atoms with E-state index in [9.17, 15) is 5.11 Å². The van der Waals surface area contributed by atoms with Crippen LogP contribution in [0.5, 0.6) is 17.2 Å². The van der Waals surface area contributed by atoms with Crippen molar-refractivity contribution in [1.82, 2.24) is 0 Å². The van der Waals surface area contributed by atoms with Crippen LogP contribution in [-0.2, 0) is 11.4 Å². The molecule has 7 heteroatoms. The van der Waals surface area contributed by atoms with Crippen LogP contribution in [0.3, 0.4) is 0 Å². The van der Waals surface area contributed by atoms with Crippen LogP contribution in [0, 0.1) is 0 Å². The van der Waals surface area contributed by atoms with E-state index in [-0.39, 0.29) is 5.75 Å². The molecule has 7 nitrogen and oxygen atoms in total. The van der Waals surface area contributed by atoms with Gasteiger partial charge < -0.3 is 19.6 Å². The van der Waals surface area contributed by atoms with Gasteiger partial charge in [-0.25, -0.2) is 0 Å². The third kappa shape index (κ3) is 7.87. The van der Waals surface area contributed by atoms with E-state index in [2.05, 4.69) is 15.5 Å². The minimum absolute atomic E-state index is 0.174. The van der Waals surface area contributed by atoms with Gasteiger partial charge in [-0.2, -0.15) is 0 Å². The Hall–Kier alpha value is -4.91. The normalized spacial score (nSPS) is 11.3. The maximum Gasteiger partial charge on any atom is 0.158 e. The van der Waals surface area contributed by atoms with Gasteiger partial charge in [0.05, 0.1) is 18.6 Å². The standard InChI is InChI=1S/C28H23N3O4/c32-26-10-4-8-24(16-26)20-31-34-27-14-12-22(13-15-27)18-30-35-28-11-5-9-25(17-28)19-29-33-21-23-6-2-1-3-7-23/h1-20,32H,21H2/b29-19+,30-18+,31-20+. The Labute approximate surface area is 203 Å². The van der Waals surface area contributed by atoms with Crippen molar-refractivity contribution >= 4 is 18.6 Å². The molecule has 0 unspecified atom stereocenters. The van der Waals surface area contributed by atoms with Gasteiger partial charge >= 0.3 is 0 Å². The van der Waals surface area contributed by atoms with Gasteiger partial charge in [-0.05, 0) is 70.8 Å². The summed E-state index contributed by atoms with van der Waals surface area (Å²) >= 11 is 0. The van der Waals surface area contributed by atoms with Crippen molar-refractivity contribution in [2.75, 3.05) is 0 Å². The molecule has 0 bridgehead atoms. The molecule has 0 heterocycles. The molecule has 0 aliphatic rings. The highest BCUT2D eigenvalue weighted by atomic mass is 16.6. The number of aromatic hydroxyl groups is 1. The molecule has 0 spiro atoms. The van der Waals surface area contributed by atoms with Crippen LogP contribution < -0.4 is 9.68 Å². The van der Waals surface area contributed by atoms with Crippen molar-refractivity contribution in [3.8, 4) is 17.2 Å². The van der Waals surface area contributed by atoms with E-state index < -0.39 is 0 Å². The predicted molar refractivity (Wildman–Crippen MR) is 136 cm³/mol. The zero-order chi connectivity index (χ0) is 24.1. The molecule has 1 N–H and O–H groups in total. The monoisotopic (exact) mass is 465 g/mol. The maximum atomic E-state index is 9.46. The lowest BCUT2D eigenvalue weighted by atomic mass is 10.2. The summed E-state index contributed by atoms with van der Waals surface area (Å²) in [6.45, 7) is 0.408. The van der Waals surface area contributed by atoms with Crippen LogP contribution in [-0.4, -0.2) is 23.8 Å². The fraction of sp³-hybridized carbons (Fsp3) is 0.0357. The number of phenols is 1. The molecule has 4 aromatic carbocycles. The smallest absolute Gasteiger partial charge is 0.158 e. The van der Waals surface area contributed by atoms with Crippen LogP contribution in [0.2, 0.25) is 0 Å². The molecule has 0 aromatic heterocycles. The zero-order valence-electron chi connectivity index (χ0n) is 18.8. The lowest BCUT2D eigenvalue weighted by molar-refractivity contribution is 0.132. The molecule has 174 valence electrons. The van der Waals surface area contributed by atoms with Gasteiger partial charge in [-0.3, -0.25) is 0 Å². The predicted octanol–water partition coefficient (Wildman–Crippen LogP) is 5.77. The zero-order valence-corrected chi connectivity index (χ0v) is 18.8. The van der Waals surface area contributed by atoms with Gasteiger partial charge in [0, 0.05) is 0 Å². The number of oxime groups is 3. The summed E-state index contributed by atoms with van der Waals surface area (Å²) in [5.41, 5.74) is 3.46. The van der Waals surface area contributed by atoms with E-state index in [1.807, 2.05) is 66.7 Å². The van der Waals surface area contributed by atoms with E-state index in [4.69, 9.17) is 14.5 Å². The Kier molecular flexibility index (Phi) is 8.21. The highest BCUT2D eigenvalue weighted by Crippen LogP contribution is 2.14. The molecule has 4 aromatic rings. The number of benzene rings is 4. The first-order valence-corrected chi connectivity index (χ1v) is 10.8. The molecule has 0 saturated carbocycles. The number of phenolic OH excluding ortho intramolecular Hbond substituents is 1. The van der Waals surface area contributed by atoms with E-state index in [1.54, 1.807) is 48.8 Å². The minimum atomic E-state index is 0.174. The summed E-state index contributed by atoms with van der Waals surface area (Å²) < 4.78 is 0. The van der Waals surface area contributed by atoms with E-state index in [1.165, 1.54) is 6.21 Å². The molecule has 0 saturated heterocycles. The summed E-state index contributed by atoms with van der Waals surface area (Å²) in [6, 6.07) is 31.2. The average Bonchev–Trinajstić information content (AvgIpc) is 2.89. The van der Waals surface area contributed by atoms with Crippen LogP contribution in [0.15, 0.2) is 119 Å². The number of rotatable bonds is 10. The molecular weight excluding hydrogens is 442 g/mol. The van der Waals surface area contributed by atoms with E-state index in [0.717, 1.165) is 22.3 Å². The summed E-state index contributed by atoms with van der Waals surface area (Å²) in [7, 11) is 0. The van der Waals surface area contributed by atoms with Crippen molar-refractivity contribution in [3.05, 3.63) is 125 Å². The number of hydrogen-bond acceptors (Lipinski definition) is 7. The Morgan fingerprint density at radius 3 is 2.00 bits per heavy atom. The second kappa shape index (κ2) is 12.4. The van der Waals surface area contributed by atoms with Crippen molar-refractivity contribution in [3.63, 3.8) is 0 Å². The van der Waals surface area contributed by atoms with Crippen molar-refractivity contribution in [2.24, 2.45) is 15.5 Å². The van der Waals surface area contributed by atoms with E-state index >= 15 is 0 Å². The lowest BCUT2D eigenvalue weighted by Gasteiger charge is -2.01. The molecule has 0 amide bonds. The van der Waals surface area contributed by atoms with Gasteiger partial charge in [0.15, 0.2) is 11.5 Å². The van der Waals surface area contributed by atoms with Crippen LogP contribution in [0.1, 0.15) is 22.3 Å². The molecule has 0 radical (unpaired) electrons. The summed E-state index contributed by atoms with van der Waals surface area (Å²) in [6.07, 6.45) is 4.75. The van der Waals surface area contributed by atoms with Crippen molar-refractivity contribution < 1.29 is 19.6 Å². The quantitative estimate of drug-likeness (QED) is 0.238. The Morgan fingerprint density at radius 1 is 0.571 bits per heavy atom. The fourth-order valence-electron chi connectivity index (χ4n) is 2.95. The van der Waals surface area contributed by atoms with Gasteiger partial charge in [0.2, 0.25) is 0 Å². The van der Waals surface area contributed by atoms with E-state index in [0.29, 0.717) is 18.1 Å². The summed E-state index contributed by atoms with van der Waals surface area (Å²) in [5.74, 6) is 1.32. The molecule has 0 fully saturated rings. The summed E-state index contributed by atoms with van der Waals surface area (Å²) in [5, 5.41) is 21.4. The third-order valence-corrected chi connectivity index (χ3v) is 4.68. The third-order valence-electron chi connectivity index (χ3n) is 4.68. The molecule has 0 aliphatic heterocycles. The first-order chi connectivity index (χ1) is 17.2. The fourth-order valence-corrected chi connectivity index (χ4v) is 2.95. The average molecular weight is 466 g/mol. The highest BCUT2D eigenvalue weighted by molar-refractivity contribution is 5.81. The number of hydrogen-bond donors (Lipinski definition) is 1. The SMILES string of the molecule is Oc1cccc(/C=N/Oc2ccc(/C=N/Oc3cccc(/C=N/OCc4ccccc4)c3)cc2)c1. The minimum Gasteiger partial charge on any atom is -0.508 e. The second-order valence-electron chi connectivity index (χ2n) is 7.38. The van der Waals surface area contributed by atoms with Gasteiger partial charge in [-0.1, -0.05) is 70.1 Å². The maximum absolute atomic E-state index is 9.46. The molecule has 35 heavy (non-hydrogen) atoms. The first-order valence-electron chi connectivity index (χ1n) is 10.8. The van der Waals surface area contributed by atoms with Crippen LogP contribution in [0.4, 0.5) is 0 Å². The lowest BCUT2D eigenvalue weighted by Crippen LogP contribution is -1.90. The first kappa shape index (κ1) is 23.3. The summed E-state index contributed by atoms with van der Waals surface area (Å²) in [4.78, 5) is 16.2. The molecule has 0 atom stereocenters. The Balaban J connectivity index is 1.24. The Bertz CT molecular complexity index is 1300. The van der Waals surface area contributed by atoms with Gasteiger partial charge in [0.1, 0.15) is 12.4 Å². The van der Waals surface area contributed by atoms with Crippen LogP contribution >= 0.6 is 0 Å². The second-order valence-corrected chi connectivity index (χ2v) is 7.38. The number of nitrogens with zero attached hydrogens (tertiary/aromatic N) is 3. The van der Waals surface area contributed by atoms with Crippen LogP contribution in [0.25, 0.3) is 0 Å². The van der Waals surface area contributed by atoms with Crippen molar-refractivity contribution in [2.45, 2.75) is 6.61 Å². The highest BCUT2D eigenvalue weighted by Gasteiger charge is 1.97. The molecule has 4 rings (SSSR count). The largest absolute Gasteiger partial charge is 0.508 e. The van der Waals surface area contributed by atoms with Crippen molar-refractivity contribution in [1.29, 1.82) is 0 Å². The topological polar surface area (TPSA) is 85.0 Å².